The Morgan fingerprint density at radius 2 is 0.681 bits per heavy atom. The topological polar surface area (TPSA) is 59.5 Å². The van der Waals surface area contributed by atoms with Gasteiger partial charge in [-0.25, -0.2) is 0 Å². The molecule has 1 aliphatic heterocycles. The molecule has 7 nitrogen and oxygen atoms in total. The smallest absolute Gasteiger partial charge is 0.160 e. The second-order valence-corrected chi connectivity index (χ2v) is 29.2. The summed E-state index contributed by atoms with van der Waals surface area (Å²) in [6.07, 6.45) is 0. The van der Waals surface area contributed by atoms with Gasteiger partial charge < -0.3 is 33.5 Å². The van der Waals surface area contributed by atoms with Crippen molar-refractivity contribution in [1.29, 1.82) is 0 Å². The fourth-order valence-electron chi connectivity index (χ4n) is 14.3. The average Bonchev–Trinajstić information content (AvgIpc) is 1.52. The Morgan fingerprint density at radius 1 is 0.341 bits per heavy atom. The van der Waals surface area contributed by atoms with Gasteiger partial charge in [0.15, 0.2) is 5.58 Å². The summed E-state index contributed by atoms with van der Waals surface area (Å²) in [7, 11) is 2.14. The lowest BCUT2D eigenvalue weighted by Gasteiger charge is -2.41. The van der Waals surface area contributed by atoms with Gasteiger partial charge in [-0.3, -0.25) is 0 Å². The summed E-state index contributed by atoms with van der Waals surface area (Å²) in [6.45, 7) is 27.1. The Morgan fingerprint density at radius 3 is 1.12 bits per heavy atom. The second kappa shape index (κ2) is 20.6. The minimum atomic E-state index is -1.90. The Hall–Kier alpha value is -9.82. The third-order valence-electron chi connectivity index (χ3n) is 19.2. The minimum Gasteiger partial charge on any atom is -0.455 e. The Bertz CT molecular complexity index is 4840. The van der Waals surface area contributed by atoms with Crippen LogP contribution in [0.25, 0.3) is 55.0 Å². The van der Waals surface area contributed by atoms with Crippen molar-refractivity contribution >= 4 is 106 Å². The molecule has 0 saturated heterocycles. The monoisotopic (exact) mass is 1190 g/mol. The van der Waals surface area contributed by atoms with E-state index in [1.54, 1.807) is 0 Å². The number of aliphatic hydroxyl groups is 1. The normalized spacial score (nSPS) is 14.9. The lowest BCUT2D eigenvalue weighted by Crippen LogP contribution is -2.31. The molecular formula is C84H78N4O3. The van der Waals surface area contributed by atoms with E-state index in [4.69, 9.17) is 8.83 Å². The third kappa shape index (κ3) is 9.17. The van der Waals surface area contributed by atoms with E-state index in [1.165, 1.54) is 22.3 Å². The molecule has 1 aliphatic carbocycles. The maximum Gasteiger partial charge on any atom is 0.160 e. The van der Waals surface area contributed by atoms with Crippen LogP contribution in [-0.2, 0) is 27.3 Å². The second-order valence-electron chi connectivity index (χ2n) is 29.2. The van der Waals surface area contributed by atoms with Gasteiger partial charge in [-0.15, -0.1) is 0 Å². The maximum atomic E-state index is 15.9. The molecule has 91 heavy (non-hydrogen) atoms. The number of hydrogen-bond acceptors (Lipinski definition) is 7. The number of anilines is 11. The van der Waals surface area contributed by atoms with E-state index in [0.717, 1.165) is 106 Å². The van der Waals surface area contributed by atoms with Crippen LogP contribution in [0.4, 0.5) is 62.6 Å². The van der Waals surface area contributed by atoms with Crippen molar-refractivity contribution in [3.8, 4) is 11.1 Å². The van der Waals surface area contributed by atoms with Crippen molar-refractivity contribution in [1.82, 2.24) is 0 Å². The average molecular weight is 1190 g/mol. The van der Waals surface area contributed by atoms with Crippen LogP contribution in [0.2, 0.25) is 0 Å². The quantitative estimate of drug-likeness (QED) is 0.163. The molecule has 1 atom stereocenters. The summed E-state index contributed by atoms with van der Waals surface area (Å²) in [6, 6.07) is 83.0. The molecule has 0 bridgehead atoms. The number of para-hydroxylation sites is 7. The number of hydrogen-bond donors (Lipinski definition) is 1. The van der Waals surface area contributed by atoms with Gasteiger partial charge in [0.25, 0.3) is 0 Å². The summed E-state index contributed by atoms with van der Waals surface area (Å²) in [5, 5.41) is 19.6. The van der Waals surface area contributed by atoms with E-state index in [0.29, 0.717) is 27.9 Å². The zero-order valence-electron chi connectivity index (χ0n) is 54.5. The van der Waals surface area contributed by atoms with Crippen molar-refractivity contribution in [2.75, 3.05) is 26.6 Å². The molecular weight excluding hydrogens is 1110 g/mol. The van der Waals surface area contributed by atoms with Gasteiger partial charge in [0.1, 0.15) is 22.4 Å². The standard InChI is InChI=1S/C84H78N4O3/c1-80(2,3)52-34-42-56(43-35-52)86(57-44-36-53(37-45-57)81(4,5)6)70-50-64-77(79-74(70)60-24-14-22-32-72(60)91-79)76-63(84(64,89)62-26-16-17-27-65(62)88-68-30-20-18-28-66(68)85(13)67-29-19-21-31-69(67)88)51-71(78-75(76)61-25-15-23-33-73(61)90-78)87(58-46-38-54(39-47-58)82(7,8)9)59-48-40-55(41-49-59)83(10,11)12/h14-51,89H,1-13H3. The summed E-state index contributed by atoms with van der Waals surface area (Å²) >= 11 is 0. The van der Waals surface area contributed by atoms with Crippen molar-refractivity contribution < 1.29 is 13.9 Å². The molecule has 1 N–H and O–H groups in total. The molecule has 0 saturated carbocycles. The van der Waals surface area contributed by atoms with Gasteiger partial charge >= 0.3 is 0 Å². The van der Waals surface area contributed by atoms with Gasteiger partial charge in [0, 0.05) is 73.8 Å². The van der Waals surface area contributed by atoms with E-state index >= 15 is 5.11 Å². The van der Waals surface area contributed by atoms with E-state index < -0.39 is 5.60 Å². The molecule has 2 aliphatic rings. The summed E-state index contributed by atoms with van der Waals surface area (Å²) in [5.41, 5.74) is 19.8. The number of nitrogens with zero attached hydrogens (tertiary/aromatic N) is 4. The summed E-state index contributed by atoms with van der Waals surface area (Å²) in [5.74, 6) is 0. The van der Waals surface area contributed by atoms with E-state index in [1.807, 2.05) is 6.07 Å². The Balaban J connectivity index is 1.11. The van der Waals surface area contributed by atoms with Crippen LogP contribution in [0.3, 0.4) is 0 Å². The highest BCUT2D eigenvalue weighted by Gasteiger charge is 2.50. The largest absolute Gasteiger partial charge is 0.455 e. The molecule has 0 spiro atoms. The molecule has 7 heteroatoms. The number of furan rings is 2. The van der Waals surface area contributed by atoms with Crippen LogP contribution in [0.15, 0.2) is 239 Å². The Kier molecular flexibility index (Phi) is 13.0. The fraction of sp³-hybridized carbons (Fsp3) is 0.214. The zero-order valence-corrected chi connectivity index (χ0v) is 54.5. The van der Waals surface area contributed by atoms with Crippen LogP contribution in [0, 0.1) is 0 Å². The van der Waals surface area contributed by atoms with Crippen molar-refractivity contribution in [2.45, 2.75) is 110 Å². The highest BCUT2D eigenvalue weighted by molar-refractivity contribution is 6.25. The molecule has 1 unspecified atom stereocenters. The summed E-state index contributed by atoms with van der Waals surface area (Å²) < 4.78 is 15.0. The van der Waals surface area contributed by atoms with E-state index in [-0.39, 0.29) is 21.7 Å². The molecule has 0 fully saturated rings. The van der Waals surface area contributed by atoms with E-state index in [2.05, 4.69) is 334 Å². The highest BCUT2D eigenvalue weighted by atomic mass is 16.3. The van der Waals surface area contributed by atoms with Crippen molar-refractivity contribution in [3.63, 3.8) is 0 Å². The third-order valence-corrected chi connectivity index (χ3v) is 19.2. The molecule has 15 rings (SSSR count). The van der Waals surface area contributed by atoms with Crippen LogP contribution < -0.4 is 19.6 Å². The molecule has 13 aromatic rings. The molecule has 2 aromatic heterocycles. The first-order chi connectivity index (χ1) is 43.5. The fourth-order valence-corrected chi connectivity index (χ4v) is 14.3. The van der Waals surface area contributed by atoms with Crippen LogP contribution >= 0.6 is 0 Å². The first-order valence-corrected chi connectivity index (χ1v) is 32.0. The molecule has 3 heterocycles. The van der Waals surface area contributed by atoms with Gasteiger partial charge in [-0.05, 0) is 147 Å². The van der Waals surface area contributed by atoms with Crippen molar-refractivity contribution in [3.05, 3.63) is 269 Å². The van der Waals surface area contributed by atoms with Gasteiger partial charge in [-0.2, -0.15) is 0 Å². The number of fused-ring (bicyclic) bond motifs is 13. The highest BCUT2D eigenvalue weighted by Crippen LogP contribution is 2.64. The molecule has 11 aromatic carbocycles. The van der Waals surface area contributed by atoms with Gasteiger partial charge in [0.05, 0.1) is 45.2 Å². The zero-order chi connectivity index (χ0) is 63.3. The Labute approximate surface area is 535 Å². The molecule has 452 valence electrons. The first kappa shape index (κ1) is 57.6. The van der Waals surface area contributed by atoms with E-state index in [9.17, 15) is 0 Å². The minimum absolute atomic E-state index is 0.0808. The number of rotatable bonds is 8. The molecule has 0 radical (unpaired) electrons. The van der Waals surface area contributed by atoms with Crippen LogP contribution in [0.1, 0.15) is 122 Å². The van der Waals surface area contributed by atoms with Crippen LogP contribution in [0.5, 0.6) is 0 Å². The van der Waals surface area contributed by atoms with Crippen LogP contribution in [-0.4, -0.2) is 12.2 Å². The van der Waals surface area contributed by atoms with Gasteiger partial charge in [0.2, 0.25) is 0 Å². The SMILES string of the molecule is CN1c2ccccc2N(c2ccccc2C2(O)c3cc(N(c4ccc(C(C)(C)C)cc4)c4ccc(C(C)(C)C)cc4)c4c(oc5ccccc54)c3-c3c2cc(N(c2ccc(C(C)(C)C)cc2)c2ccc(C(C)(C)C)cc2)c2oc4ccccc4c32)c2ccccc21. The lowest BCUT2D eigenvalue weighted by atomic mass is 9.81. The first-order valence-electron chi connectivity index (χ1n) is 32.0. The maximum absolute atomic E-state index is 15.9. The van der Waals surface area contributed by atoms with Crippen molar-refractivity contribution in [2.24, 2.45) is 0 Å². The predicted octanol–water partition coefficient (Wildman–Crippen LogP) is 23.4. The predicted molar refractivity (Wildman–Crippen MR) is 382 cm³/mol. The number of benzene rings is 11. The lowest BCUT2D eigenvalue weighted by molar-refractivity contribution is 0.131. The van der Waals surface area contributed by atoms with Gasteiger partial charge in [-0.1, -0.05) is 210 Å². The summed E-state index contributed by atoms with van der Waals surface area (Å²) in [4.78, 5) is 9.33. The molecule has 0 amide bonds.